The molecule has 9 nitrogen and oxygen atoms in total. The minimum atomic E-state index is -4.54. The predicted molar refractivity (Wildman–Crippen MR) is 224 cm³/mol. The fourth-order valence-electron chi connectivity index (χ4n) is 7.92. The van der Waals surface area contributed by atoms with Crippen LogP contribution < -0.4 is 5.32 Å². The van der Waals surface area contributed by atoms with Gasteiger partial charge in [-0.3, -0.25) is 10.2 Å². The first-order valence-corrected chi connectivity index (χ1v) is 20.4. The molecule has 1 aliphatic rings. The smallest absolute Gasteiger partial charge is 0.416 e. The van der Waals surface area contributed by atoms with E-state index in [-0.39, 0.29) is 29.9 Å². The number of hydrogen-bond donors (Lipinski definition) is 2. The van der Waals surface area contributed by atoms with Gasteiger partial charge in [-0.25, -0.2) is 18.7 Å². The monoisotopic (exact) mass is 835 g/mol. The summed E-state index contributed by atoms with van der Waals surface area (Å²) in [7, 11) is 0. The van der Waals surface area contributed by atoms with Crippen LogP contribution in [-0.2, 0) is 57.6 Å². The number of rotatable bonds is 10. The maximum absolute atomic E-state index is 16.6. The van der Waals surface area contributed by atoms with Crippen molar-refractivity contribution in [2.45, 2.75) is 124 Å². The summed E-state index contributed by atoms with van der Waals surface area (Å²) in [6, 6.07) is 16.3. The van der Waals surface area contributed by atoms with Gasteiger partial charge < -0.3 is 14.0 Å². The van der Waals surface area contributed by atoms with Gasteiger partial charge in [0.15, 0.2) is 0 Å². The molecule has 6 rings (SSSR count). The number of aryl methyl sites for hydroxylation is 2. The van der Waals surface area contributed by atoms with E-state index >= 15 is 4.39 Å². The van der Waals surface area contributed by atoms with E-state index in [2.05, 4.69) is 31.8 Å². The summed E-state index contributed by atoms with van der Waals surface area (Å²) in [6.45, 7) is 18.3. The van der Waals surface area contributed by atoms with Gasteiger partial charge >= 0.3 is 18.2 Å². The van der Waals surface area contributed by atoms with Crippen molar-refractivity contribution in [1.29, 1.82) is 0 Å². The Kier molecular flexibility index (Phi) is 11.6. The lowest BCUT2D eigenvalue weighted by Crippen LogP contribution is -2.60. The molecule has 1 amide bonds. The number of esters is 1. The molecule has 3 aromatic carbocycles. The molecule has 14 heteroatoms. The van der Waals surface area contributed by atoms with Crippen molar-refractivity contribution in [1.82, 2.24) is 24.6 Å². The standard InChI is InChI=1S/C45H53F4N5O4S/c1-11-27-17-15-18-28(12-2)35(27)54-36(32-25-52(43(9,10)38(32)51-54)24-29-16-13-14-19-33(29)45(47,48)49)30-20-21-34(46)37-31(30)22-23-53(37)44(26-59,39(55)57-41(3,4)5)50-40(56)58-42(6,7)8/h13-23,59H,11-12,24-26H2,1-10H3,(H,50,56)/t44-/m1/s1. The number of para-hydroxylation sites is 1. The fraction of sp³-hybridized carbons (Fsp3) is 0.444. The molecule has 5 aromatic rings. The van der Waals surface area contributed by atoms with Crippen molar-refractivity contribution in [3.8, 4) is 16.9 Å². The molecule has 0 unspecified atom stereocenters. The fourth-order valence-corrected chi connectivity index (χ4v) is 8.28. The lowest BCUT2D eigenvalue weighted by molar-refractivity contribution is -0.166. The maximum atomic E-state index is 16.6. The van der Waals surface area contributed by atoms with Gasteiger partial charge in [-0.05, 0) is 109 Å². The molecule has 2 aromatic heterocycles. The number of hydrogen-bond acceptors (Lipinski definition) is 7. The number of alkyl halides is 3. The first-order chi connectivity index (χ1) is 27.5. The molecule has 0 aliphatic carbocycles. The van der Waals surface area contributed by atoms with Crippen molar-refractivity contribution >= 4 is 35.6 Å². The van der Waals surface area contributed by atoms with Gasteiger partial charge in [-0.2, -0.15) is 30.9 Å². The van der Waals surface area contributed by atoms with E-state index in [1.165, 1.54) is 29.0 Å². The number of carbonyl (C=O) groups is 2. The highest BCUT2D eigenvalue weighted by atomic mass is 32.1. The molecule has 316 valence electrons. The molecule has 1 N–H and O–H groups in total. The minimum absolute atomic E-state index is 0.00384. The van der Waals surface area contributed by atoms with Crippen LogP contribution in [0.4, 0.5) is 22.4 Å². The molecule has 3 heterocycles. The van der Waals surface area contributed by atoms with E-state index in [0.29, 0.717) is 35.2 Å². The Hall–Kier alpha value is -4.82. The number of fused-ring (bicyclic) bond motifs is 2. The largest absolute Gasteiger partial charge is 0.457 e. The topological polar surface area (TPSA) is 90.6 Å². The third kappa shape index (κ3) is 8.22. The summed E-state index contributed by atoms with van der Waals surface area (Å²) in [5.41, 5.74) is 0.142. The van der Waals surface area contributed by atoms with Crippen LogP contribution in [0.1, 0.15) is 103 Å². The SMILES string of the molecule is CCc1cccc(CC)c1-n1nc2c(c1-c1ccc(F)c3c1ccn3[C@@](CS)(NC(=O)OC(C)(C)C)C(=O)OC(C)(C)C)CN(Cc1ccccc1C(F)(F)F)C2(C)C. The lowest BCUT2D eigenvalue weighted by Gasteiger charge is -2.36. The zero-order chi connectivity index (χ0) is 43.5. The third-order valence-electron chi connectivity index (χ3n) is 10.7. The van der Waals surface area contributed by atoms with Crippen molar-refractivity contribution in [3.63, 3.8) is 0 Å². The number of amides is 1. The molecule has 0 bridgehead atoms. The number of halogens is 4. The number of ether oxygens (including phenoxy) is 2. The van der Waals surface area contributed by atoms with Gasteiger partial charge in [0.1, 0.15) is 17.0 Å². The van der Waals surface area contributed by atoms with Crippen LogP contribution in [0.2, 0.25) is 0 Å². The van der Waals surface area contributed by atoms with Crippen molar-refractivity contribution in [3.05, 3.63) is 106 Å². The van der Waals surface area contributed by atoms with E-state index < -0.39 is 52.0 Å². The third-order valence-corrected chi connectivity index (χ3v) is 11.2. The van der Waals surface area contributed by atoms with Crippen LogP contribution >= 0.6 is 12.6 Å². The van der Waals surface area contributed by atoms with Crippen LogP contribution in [0.5, 0.6) is 0 Å². The lowest BCUT2D eigenvalue weighted by atomic mass is 9.96. The zero-order valence-electron chi connectivity index (χ0n) is 35.3. The Morgan fingerprint density at radius 1 is 0.864 bits per heavy atom. The number of nitrogens with one attached hydrogen (secondary N) is 1. The minimum Gasteiger partial charge on any atom is -0.457 e. The Balaban J connectivity index is 1.62. The Labute approximate surface area is 348 Å². The van der Waals surface area contributed by atoms with E-state index in [0.717, 1.165) is 28.4 Å². The van der Waals surface area contributed by atoms with Gasteiger partial charge in [-0.15, -0.1) is 0 Å². The Bertz CT molecular complexity index is 2380. The maximum Gasteiger partial charge on any atom is 0.416 e. The van der Waals surface area contributed by atoms with Gasteiger partial charge in [0, 0.05) is 41.6 Å². The molecule has 0 fully saturated rings. The van der Waals surface area contributed by atoms with Gasteiger partial charge in [0.25, 0.3) is 0 Å². The van der Waals surface area contributed by atoms with Crippen molar-refractivity contribution in [2.24, 2.45) is 0 Å². The molecule has 0 saturated heterocycles. The molecular weight excluding hydrogens is 783 g/mol. The number of thiol groups is 1. The number of nitrogens with zero attached hydrogens (tertiary/aromatic N) is 4. The highest BCUT2D eigenvalue weighted by Crippen LogP contribution is 2.47. The van der Waals surface area contributed by atoms with Gasteiger partial charge in [-0.1, -0.05) is 50.2 Å². The summed E-state index contributed by atoms with van der Waals surface area (Å²) >= 11 is 4.56. The zero-order valence-corrected chi connectivity index (χ0v) is 36.2. The molecular formula is C45H53F4N5O4S. The molecule has 59 heavy (non-hydrogen) atoms. The number of alkyl carbamates (subject to hydrolysis) is 1. The second-order valence-electron chi connectivity index (χ2n) is 17.5. The van der Waals surface area contributed by atoms with Crippen molar-refractivity contribution < 1.29 is 36.6 Å². The van der Waals surface area contributed by atoms with Crippen LogP contribution in [0.25, 0.3) is 27.8 Å². The van der Waals surface area contributed by atoms with Crippen LogP contribution in [0, 0.1) is 5.82 Å². The van der Waals surface area contributed by atoms with Crippen LogP contribution in [0.3, 0.4) is 0 Å². The Morgan fingerprint density at radius 3 is 2.05 bits per heavy atom. The molecule has 0 spiro atoms. The summed E-state index contributed by atoms with van der Waals surface area (Å²) in [5, 5.41) is 8.37. The van der Waals surface area contributed by atoms with E-state index in [4.69, 9.17) is 14.6 Å². The molecule has 0 saturated carbocycles. The summed E-state index contributed by atoms with van der Waals surface area (Å²) in [6.07, 6.45) is -2.60. The highest BCUT2D eigenvalue weighted by molar-refractivity contribution is 7.80. The number of benzene rings is 3. The van der Waals surface area contributed by atoms with Crippen molar-refractivity contribution in [2.75, 3.05) is 5.75 Å². The second kappa shape index (κ2) is 15.7. The van der Waals surface area contributed by atoms with Crippen LogP contribution in [-0.4, -0.2) is 48.3 Å². The normalized spacial score (nSPS) is 15.6. The highest BCUT2D eigenvalue weighted by Gasteiger charge is 2.48. The second-order valence-corrected chi connectivity index (χ2v) is 17.8. The first-order valence-electron chi connectivity index (χ1n) is 19.8. The molecule has 0 radical (unpaired) electrons. The average molecular weight is 836 g/mol. The van der Waals surface area contributed by atoms with E-state index in [1.54, 1.807) is 59.7 Å². The molecule has 1 aliphatic heterocycles. The summed E-state index contributed by atoms with van der Waals surface area (Å²) in [4.78, 5) is 29.7. The average Bonchev–Trinajstić information content (AvgIpc) is 3.81. The number of carbonyl (C=O) groups excluding carboxylic acids is 2. The predicted octanol–water partition coefficient (Wildman–Crippen LogP) is 10.5. The summed E-state index contributed by atoms with van der Waals surface area (Å²) < 4.78 is 73.9. The van der Waals surface area contributed by atoms with E-state index in [9.17, 15) is 22.8 Å². The quantitative estimate of drug-likeness (QED) is 0.0827. The van der Waals surface area contributed by atoms with Gasteiger partial charge in [0.2, 0.25) is 5.66 Å². The number of aromatic nitrogens is 3. The Morgan fingerprint density at radius 2 is 1.47 bits per heavy atom. The molecule has 1 atom stereocenters. The van der Waals surface area contributed by atoms with Gasteiger partial charge in [0.05, 0.1) is 33.7 Å². The summed E-state index contributed by atoms with van der Waals surface area (Å²) in [5.74, 6) is -1.92. The first kappa shape index (κ1) is 43.8. The van der Waals surface area contributed by atoms with Crippen LogP contribution in [0.15, 0.2) is 66.9 Å². The van der Waals surface area contributed by atoms with E-state index in [1.807, 2.05) is 41.6 Å².